The van der Waals surface area contributed by atoms with E-state index in [1.54, 1.807) is 36.0 Å². The molecule has 25 heavy (non-hydrogen) atoms. The lowest BCUT2D eigenvalue weighted by atomic mass is 10.1. The highest BCUT2D eigenvalue weighted by molar-refractivity contribution is 6.28. The molecule has 0 atom stereocenters. The molecular weight excluding hydrogens is 342 g/mol. The van der Waals surface area contributed by atoms with Crippen molar-refractivity contribution in [3.63, 3.8) is 0 Å². The molecule has 1 aliphatic rings. The lowest BCUT2D eigenvalue weighted by Gasteiger charge is -2.27. The van der Waals surface area contributed by atoms with Crippen molar-refractivity contribution in [2.75, 3.05) is 31.3 Å². The standard InChI is InChI=1S/C17H22ClN5O2/c1-20-23-15(19)9-12(17(24)22-7-3-2-4-8-22)10-16(23)21-11-13-5-6-14(18)25-13/h5-6,9-10,20H,2-4,7-8,11,19H2,1H3. The van der Waals surface area contributed by atoms with Gasteiger partial charge in [-0.3, -0.25) is 9.79 Å². The van der Waals surface area contributed by atoms with E-state index in [2.05, 4.69) is 10.4 Å². The van der Waals surface area contributed by atoms with Crippen molar-refractivity contribution in [2.45, 2.75) is 25.8 Å². The number of carbonyl (C=O) groups excluding carboxylic acids is 1. The van der Waals surface area contributed by atoms with Gasteiger partial charge in [0, 0.05) is 25.7 Å². The Labute approximate surface area is 151 Å². The number of carbonyl (C=O) groups is 1. The van der Waals surface area contributed by atoms with E-state index in [1.165, 1.54) is 6.42 Å². The zero-order valence-electron chi connectivity index (χ0n) is 14.2. The third-order valence-corrected chi connectivity index (χ3v) is 4.42. The fraction of sp³-hybridized carbons (Fsp3) is 0.412. The minimum absolute atomic E-state index is 0.00727. The molecule has 8 heteroatoms. The van der Waals surface area contributed by atoms with Crippen molar-refractivity contribution in [3.05, 3.63) is 46.3 Å². The second-order valence-electron chi connectivity index (χ2n) is 5.96. The third-order valence-electron chi connectivity index (χ3n) is 4.21. The van der Waals surface area contributed by atoms with Crippen LogP contribution in [0.3, 0.4) is 0 Å². The maximum Gasteiger partial charge on any atom is 0.254 e. The molecule has 3 N–H and O–H groups in total. The van der Waals surface area contributed by atoms with Crippen LogP contribution in [0.25, 0.3) is 0 Å². The van der Waals surface area contributed by atoms with Crippen LogP contribution >= 0.6 is 11.6 Å². The van der Waals surface area contributed by atoms with E-state index in [-0.39, 0.29) is 5.91 Å². The summed E-state index contributed by atoms with van der Waals surface area (Å²) in [5, 5.41) is 0.320. The number of pyridine rings is 1. The van der Waals surface area contributed by atoms with E-state index >= 15 is 0 Å². The molecule has 1 aliphatic heterocycles. The number of nitrogens with one attached hydrogen (secondary N) is 1. The van der Waals surface area contributed by atoms with Gasteiger partial charge in [0.05, 0.1) is 6.54 Å². The van der Waals surface area contributed by atoms with Crippen LogP contribution in [0.5, 0.6) is 0 Å². The smallest absolute Gasteiger partial charge is 0.254 e. The molecule has 2 aromatic rings. The zero-order valence-corrected chi connectivity index (χ0v) is 14.9. The number of nitrogens with zero attached hydrogens (tertiary/aromatic N) is 3. The number of aromatic nitrogens is 1. The Morgan fingerprint density at radius 1 is 1.32 bits per heavy atom. The Balaban J connectivity index is 1.92. The molecule has 0 spiro atoms. The number of nitrogens with two attached hydrogens (primary N) is 1. The van der Waals surface area contributed by atoms with Crippen molar-refractivity contribution in [3.8, 4) is 0 Å². The van der Waals surface area contributed by atoms with Crippen LogP contribution in [0, 0.1) is 0 Å². The molecule has 2 aromatic heterocycles. The molecule has 134 valence electrons. The van der Waals surface area contributed by atoms with Crippen LogP contribution in [0.2, 0.25) is 5.22 Å². The van der Waals surface area contributed by atoms with E-state index in [0.29, 0.717) is 34.4 Å². The Kier molecular flexibility index (Phi) is 5.33. The van der Waals surface area contributed by atoms with Crippen LogP contribution in [0.4, 0.5) is 5.82 Å². The largest absolute Gasteiger partial charge is 0.448 e. The number of piperidine rings is 1. The number of likely N-dealkylation sites (tertiary alicyclic amines) is 1. The van der Waals surface area contributed by atoms with Crippen molar-refractivity contribution in [2.24, 2.45) is 4.99 Å². The van der Waals surface area contributed by atoms with Gasteiger partial charge in [-0.2, -0.15) is 0 Å². The Morgan fingerprint density at radius 3 is 2.72 bits per heavy atom. The van der Waals surface area contributed by atoms with Crippen molar-refractivity contribution in [1.82, 2.24) is 9.58 Å². The number of amides is 1. The summed E-state index contributed by atoms with van der Waals surface area (Å²) in [6.45, 7) is 1.88. The predicted molar refractivity (Wildman–Crippen MR) is 96.9 cm³/mol. The fourth-order valence-electron chi connectivity index (χ4n) is 2.96. The molecule has 0 unspecified atom stereocenters. The van der Waals surface area contributed by atoms with Crippen molar-refractivity contribution in [1.29, 1.82) is 0 Å². The van der Waals surface area contributed by atoms with Gasteiger partial charge in [-0.05, 0) is 55.1 Å². The first-order valence-electron chi connectivity index (χ1n) is 8.33. The van der Waals surface area contributed by atoms with Gasteiger partial charge in [-0.1, -0.05) is 0 Å². The molecule has 0 aliphatic carbocycles. The van der Waals surface area contributed by atoms with Crippen molar-refractivity contribution >= 4 is 23.3 Å². The van der Waals surface area contributed by atoms with Gasteiger partial charge in [0.1, 0.15) is 17.1 Å². The molecule has 1 fully saturated rings. The van der Waals surface area contributed by atoms with Crippen molar-refractivity contribution < 1.29 is 9.21 Å². The number of rotatable bonds is 4. The molecular formula is C17H22ClN5O2. The minimum Gasteiger partial charge on any atom is -0.448 e. The number of hydrogen-bond acceptors (Lipinski definition) is 5. The van der Waals surface area contributed by atoms with Crippen LogP contribution in [0.15, 0.2) is 33.7 Å². The number of nitrogen functional groups attached to an aromatic ring is 1. The minimum atomic E-state index is -0.00727. The Bertz CT molecular complexity index is 821. The zero-order chi connectivity index (χ0) is 17.8. The summed E-state index contributed by atoms with van der Waals surface area (Å²) < 4.78 is 6.94. The molecule has 1 saturated heterocycles. The molecule has 0 bridgehead atoms. The summed E-state index contributed by atoms with van der Waals surface area (Å²) >= 11 is 5.78. The summed E-state index contributed by atoms with van der Waals surface area (Å²) in [6, 6.07) is 6.86. The van der Waals surface area contributed by atoms with E-state index < -0.39 is 0 Å². The number of halogens is 1. The summed E-state index contributed by atoms with van der Waals surface area (Å²) in [6.07, 6.45) is 3.26. The maximum atomic E-state index is 12.7. The first kappa shape index (κ1) is 17.4. The Morgan fingerprint density at radius 2 is 2.08 bits per heavy atom. The van der Waals surface area contributed by atoms with Crippen LogP contribution in [0.1, 0.15) is 35.4 Å². The van der Waals surface area contributed by atoms with Gasteiger partial charge in [0.25, 0.3) is 5.91 Å². The summed E-state index contributed by atoms with van der Waals surface area (Å²) in [7, 11) is 1.74. The third kappa shape index (κ3) is 3.99. The highest BCUT2D eigenvalue weighted by Gasteiger charge is 2.19. The molecule has 7 nitrogen and oxygen atoms in total. The van der Waals surface area contributed by atoms with Gasteiger partial charge in [0.15, 0.2) is 5.22 Å². The number of hydrogen-bond donors (Lipinski definition) is 2. The van der Waals surface area contributed by atoms with Crippen LogP contribution < -0.4 is 16.6 Å². The van der Waals surface area contributed by atoms with E-state index in [9.17, 15) is 4.79 Å². The molecule has 3 heterocycles. The van der Waals surface area contributed by atoms with Gasteiger partial charge >= 0.3 is 0 Å². The second kappa shape index (κ2) is 7.65. The number of furan rings is 1. The predicted octanol–water partition coefficient (Wildman–Crippen LogP) is 2.22. The lowest BCUT2D eigenvalue weighted by molar-refractivity contribution is 0.0724. The summed E-state index contributed by atoms with van der Waals surface area (Å²) in [5.74, 6) is 1.05. The van der Waals surface area contributed by atoms with Gasteiger partial charge in [-0.25, -0.2) is 4.68 Å². The fourth-order valence-corrected chi connectivity index (χ4v) is 3.12. The van der Waals surface area contributed by atoms with Crippen LogP contribution in [-0.4, -0.2) is 35.6 Å². The monoisotopic (exact) mass is 363 g/mol. The lowest BCUT2D eigenvalue weighted by Crippen LogP contribution is -2.37. The normalized spacial score (nSPS) is 15.4. The molecule has 0 aromatic carbocycles. The van der Waals surface area contributed by atoms with Crippen LogP contribution in [-0.2, 0) is 6.54 Å². The summed E-state index contributed by atoms with van der Waals surface area (Å²) in [5.41, 5.74) is 10.2. The van der Waals surface area contributed by atoms with E-state index in [0.717, 1.165) is 25.9 Å². The number of anilines is 1. The molecule has 0 radical (unpaired) electrons. The van der Waals surface area contributed by atoms with Gasteiger partial charge < -0.3 is 20.5 Å². The average molecular weight is 364 g/mol. The maximum absolute atomic E-state index is 12.7. The SMILES string of the molecule is CNn1c(N)cc(C(=O)N2CCCCC2)cc1=NCc1ccc(Cl)o1. The first-order valence-corrected chi connectivity index (χ1v) is 8.70. The average Bonchev–Trinajstić information content (AvgIpc) is 3.05. The molecule has 3 rings (SSSR count). The highest BCUT2D eigenvalue weighted by Crippen LogP contribution is 2.15. The first-order chi connectivity index (χ1) is 12.1. The van der Waals surface area contributed by atoms with Gasteiger partial charge in [-0.15, -0.1) is 0 Å². The topological polar surface area (TPSA) is 88.8 Å². The Hall–Kier alpha value is -2.41. The van der Waals surface area contributed by atoms with Gasteiger partial charge in [0.2, 0.25) is 0 Å². The van der Waals surface area contributed by atoms with E-state index in [1.807, 2.05) is 4.90 Å². The summed E-state index contributed by atoms with van der Waals surface area (Å²) in [4.78, 5) is 19.1. The molecule has 0 saturated carbocycles. The molecule has 1 amide bonds. The quantitative estimate of drug-likeness (QED) is 0.871. The van der Waals surface area contributed by atoms with E-state index in [4.69, 9.17) is 21.8 Å². The highest BCUT2D eigenvalue weighted by atomic mass is 35.5. The second-order valence-corrected chi connectivity index (χ2v) is 6.33.